The molecule has 13 amide bonds. The summed E-state index contributed by atoms with van der Waals surface area (Å²) in [5.74, 6) is -11.2. The number of benzene rings is 3. The van der Waals surface area contributed by atoms with E-state index in [2.05, 4.69) is 73.8 Å². The number of aliphatic imine (C=N–C) groups is 2. The Hall–Kier alpha value is -10.2. The van der Waals surface area contributed by atoms with Crippen molar-refractivity contribution >= 4 is 112 Å². The van der Waals surface area contributed by atoms with Gasteiger partial charge in [-0.1, -0.05) is 88.7 Å². The molecule has 0 aromatic heterocycles. The van der Waals surface area contributed by atoms with Crippen LogP contribution in [0.5, 0.6) is 11.5 Å². The Morgan fingerprint density at radius 2 is 1.14 bits per heavy atom. The number of allylic oxidation sites excluding steroid dienone is 1. The van der Waals surface area contributed by atoms with Crippen LogP contribution in [0.4, 0.5) is 0 Å². The van der Waals surface area contributed by atoms with Crippen molar-refractivity contribution < 1.29 is 82.8 Å². The molecule has 1 unspecified atom stereocenters. The summed E-state index contributed by atoms with van der Waals surface area (Å²) in [6, 6.07) is 3.36. The second-order valence-corrected chi connectivity index (χ2v) is 31.5. The first-order valence-electron chi connectivity index (χ1n) is 36.6. The molecule has 1 fully saturated rings. The smallest absolute Gasteiger partial charge is 0.245 e. The fraction of sp³-hybridized carbons (Fsp3) is 0.513. The van der Waals surface area contributed by atoms with Gasteiger partial charge in [0, 0.05) is 74.1 Å². The SMILES string of the molecule is CCC[C@@H]1NC(=O)[C@H](Cc2ccc(O)cc2)NC(=O)[C@@H]2CCC(=O)NCCCC[C@H](NC(=O)[C@H](Cc3ccc(O)cc3)NC(=O)[C@H](C(C)(C)C)NC(=O)CCSCc3cccc(c3)CSC[C@@H](C(N)=O)NC(=O)[C@H]([C@@H](C)O)NC1=O)C(=O)N[C@@H]([C@@H](C)O)C(=O)N[C@@H](CC1=CN=C3N=CC=CC13)C(=O)NC(C)(C)C(=O)N2. The van der Waals surface area contributed by atoms with Crippen molar-refractivity contribution in [3.8, 4) is 11.5 Å². The highest BCUT2D eigenvalue weighted by molar-refractivity contribution is 7.98. The average Bonchev–Trinajstić information content (AvgIpc) is 1.53. The van der Waals surface area contributed by atoms with Crippen LogP contribution in [0, 0.1) is 11.3 Å². The molecule has 3 aromatic carbocycles. The number of dihydropyridines is 1. The molecule has 4 aliphatic heterocycles. The highest BCUT2D eigenvalue weighted by Crippen LogP contribution is 2.29. The number of amidine groups is 1. The minimum atomic E-state index is -2.01. The van der Waals surface area contributed by atoms with Gasteiger partial charge in [0.1, 0.15) is 83.3 Å². The first-order chi connectivity index (χ1) is 52.1. The van der Waals surface area contributed by atoms with Crippen LogP contribution < -0.4 is 69.5 Å². The minimum absolute atomic E-state index is 0.0340. The lowest BCUT2D eigenvalue weighted by Crippen LogP contribution is -2.64. The number of hydrogen-bond acceptors (Lipinski definition) is 21. The monoisotopic (exact) mass is 1560 g/mol. The van der Waals surface area contributed by atoms with E-state index in [1.165, 1.54) is 112 Å². The van der Waals surface area contributed by atoms with Gasteiger partial charge < -0.3 is 90.0 Å². The summed E-state index contributed by atoms with van der Waals surface area (Å²) in [5, 5.41) is 74.7. The molecule has 32 nitrogen and oxygen atoms in total. The van der Waals surface area contributed by atoms with Crippen LogP contribution in [0.15, 0.2) is 107 Å². The first kappa shape index (κ1) is 87.0. The van der Waals surface area contributed by atoms with Gasteiger partial charge in [-0.15, -0.1) is 0 Å². The van der Waals surface area contributed by atoms with Gasteiger partial charge in [-0.2, -0.15) is 23.5 Å². The summed E-state index contributed by atoms with van der Waals surface area (Å²) in [6.45, 7) is 11.8. The fourth-order valence-corrected chi connectivity index (χ4v) is 14.2. The number of amides is 13. The van der Waals surface area contributed by atoms with Gasteiger partial charge >= 0.3 is 0 Å². The maximum atomic E-state index is 15.0. The number of hydrogen-bond donors (Lipinski definition) is 17. The molecule has 0 saturated carbocycles. The third-order valence-electron chi connectivity index (χ3n) is 18.6. The van der Waals surface area contributed by atoms with E-state index in [4.69, 9.17) is 5.73 Å². The molecule has 4 bridgehead atoms. The lowest BCUT2D eigenvalue weighted by atomic mass is 9.85. The lowest BCUT2D eigenvalue weighted by molar-refractivity contribution is -0.138. The van der Waals surface area contributed by atoms with E-state index in [1.54, 1.807) is 39.8 Å². The predicted molar refractivity (Wildman–Crippen MR) is 413 cm³/mol. The number of fused-ring (bicyclic) bond motifs is 12. The average molecular weight is 1560 g/mol. The molecular weight excluding hydrogens is 1460 g/mol. The minimum Gasteiger partial charge on any atom is -0.508 e. The summed E-state index contributed by atoms with van der Waals surface area (Å²) in [6.07, 6.45) is 1.50. The number of aromatic hydroxyl groups is 2. The van der Waals surface area contributed by atoms with Crippen molar-refractivity contribution in [1.82, 2.24) is 63.8 Å². The van der Waals surface area contributed by atoms with Crippen LogP contribution in [0.2, 0.25) is 0 Å². The number of aliphatic hydroxyl groups is 2. The summed E-state index contributed by atoms with van der Waals surface area (Å²) >= 11 is 2.69. The molecule has 7 rings (SSSR count). The Labute approximate surface area is 647 Å². The number of carbonyl (C=O) groups is 13. The summed E-state index contributed by atoms with van der Waals surface area (Å²) in [4.78, 5) is 197. The number of carbonyl (C=O) groups excluding carboxylic acids is 13. The number of nitrogens with two attached hydrogens (primary N) is 1. The maximum absolute atomic E-state index is 15.0. The summed E-state index contributed by atoms with van der Waals surface area (Å²) < 4.78 is 0. The number of rotatable bonds is 11. The second kappa shape index (κ2) is 41.0. The van der Waals surface area contributed by atoms with Gasteiger partial charge in [-0.25, -0.2) is 9.98 Å². The van der Waals surface area contributed by atoms with Crippen LogP contribution in [-0.4, -0.2) is 205 Å². The van der Waals surface area contributed by atoms with Crippen molar-refractivity contribution in [3.63, 3.8) is 0 Å². The lowest BCUT2D eigenvalue weighted by Gasteiger charge is -2.32. The molecule has 596 valence electrons. The Morgan fingerprint density at radius 3 is 1.74 bits per heavy atom. The number of phenolic OH excluding ortho intramolecular Hbond substituents is 2. The van der Waals surface area contributed by atoms with E-state index >= 15 is 9.59 Å². The zero-order valence-electron chi connectivity index (χ0n) is 62.9. The first-order valence-corrected chi connectivity index (χ1v) is 38.9. The standard InChI is InChI=1S/C76H103N15O17S2/c1-9-14-51-66(100)89-61(42(3)93)72(106)86-57(63(77)98)40-110-39-46-16-12-15-45(33-46)38-109-32-29-59(97)88-62(75(4,5)6)73(107)85-55(35-44-21-25-49(95)26-22-44)69(103)82-52-18-10-11-30-78-58(96)28-27-53(65(99)83-54(68(102)81-51)34-43-19-23-48(94)24-20-43)87-74(108)76(7,8)91-70(104)56(84-71(105)60(41(2)92)90-67(52)101)36-47-37-80-64-50(47)17-13-31-79-64/h12-13,15-17,19-26,31,33,37,41-42,50-57,60-62,92-95H,9-11,14,18,27-30,32,34-36,38-40H2,1-8H3,(H2,77,98)(H,78,96)(H,81,102)(H,82,103)(H,83,99)(H,84,105)(H,85,107)(H,86,106)(H,87,108)(H,88,97)(H,89,100)(H,90,101)(H,91,104)/t41-,42-,50?,51+,52+,53+,54+,55+,56+,57+,60+,61+,62-/m1/s1. The number of aliphatic hydroxyl groups excluding tert-OH is 2. The number of primary amides is 1. The van der Waals surface area contributed by atoms with E-state index in [1.807, 2.05) is 24.3 Å². The molecular formula is C76H103N15O17S2. The second-order valence-electron chi connectivity index (χ2n) is 29.3. The van der Waals surface area contributed by atoms with Gasteiger partial charge in [-0.05, 0) is 123 Å². The largest absolute Gasteiger partial charge is 0.508 e. The molecule has 1 saturated heterocycles. The van der Waals surface area contributed by atoms with Gasteiger partial charge in [0.05, 0.1) is 18.1 Å². The molecule has 13 atom stereocenters. The Balaban J connectivity index is 1.28. The number of phenols is 2. The van der Waals surface area contributed by atoms with E-state index in [0.29, 0.717) is 39.8 Å². The summed E-state index contributed by atoms with van der Waals surface area (Å²) in [5.41, 5.74) is 5.85. The van der Waals surface area contributed by atoms with Crippen LogP contribution in [-0.2, 0) is 86.7 Å². The molecule has 34 heteroatoms. The normalized spacial score (nSPS) is 26.3. The quantitative estimate of drug-likeness (QED) is 0.123. The molecule has 18 N–H and O–H groups in total. The predicted octanol–water partition coefficient (Wildman–Crippen LogP) is 0.312. The molecule has 0 aliphatic carbocycles. The van der Waals surface area contributed by atoms with Crippen LogP contribution in [0.1, 0.15) is 135 Å². The van der Waals surface area contributed by atoms with Crippen LogP contribution >= 0.6 is 23.5 Å². The third-order valence-corrected chi connectivity index (χ3v) is 20.7. The topological polar surface area (TPSA) is 498 Å². The molecule has 110 heavy (non-hydrogen) atoms. The van der Waals surface area contributed by atoms with E-state index in [9.17, 15) is 73.2 Å². The Kier molecular flexibility index (Phi) is 32.5. The molecule has 0 radical (unpaired) electrons. The fourth-order valence-electron chi connectivity index (χ4n) is 12.3. The highest BCUT2D eigenvalue weighted by atomic mass is 32.2. The zero-order valence-corrected chi connectivity index (χ0v) is 64.6. The van der Waals surface area contributed by atoms with Gasteiger partial charge in [0.25, 0.3) is 0 Å². The van der Waals surface area contributed by atoms with Gasteiger partial charge in [-0.3, -0.25) is 62.3 Å². The Bertz CT molecular complexity index is 3960. The Morgan fingerprint density at radius 1 is 0.600 bits per heavy atom. The molecule has 3 aromatic rings. The molecule has 4 heterocycles. The van der Waals surface area contributed by atoms with Crippen LogP contribution in [0.25, 0.3) is 0 Å². The number of thioether (sulfide) groups is 2. The third kappa shape index (κ3) is 26.6. The van der Waals surface area contributed by atoms with Crippen molar-refractivity contribution in [1.29, 1.82) is 0 Å². The van der Waals surface area contributed by atoms with Crippen LogP contribution in [0.3, 0.4) is 0 Å². The molecule has 4 aliphatic rings. The number of nitrogens with one attached hydrogen (secondary N) is 12. The van der Waals surface area contributed by atoms with Gasteiger partial charge in [0.2, 0.25) is 76.8 Å². The van der Waals surface area contributed by atoms with E-state index in [-0.39, 0.29) is 81.6 Å². The van der Waals surface area contributed by atoms with Gasteiger partial charge in [0.15, 0.2) is 0 Å². The van der Waals surface area contributed by atoms with Crippen molar-refractivity contribution in [3.05, 3.63) is 119 Å². The van der Waals surface area contributed by atoms with E-state index < -0.39 is 179 Å². The zero-order chi connectivity index (χ0) is 80.6. The maximum Gasteiger partial charge on any atom is 0.245 e. The van der Waals surface area contributed by atoms with Crippen molar-refractivity contribution in [2.75, 3.05) is 18.1 Å². The van der Waals surface area contributed by atoms with E-state index in [0.717, 1.165) is 11.1 Å². The van der Waals surface area contributed by atoms with Crippen molar-refractivity contribution in [2.24, 2.45) is 27.1 Å². The number of nitrogens with zero attached hydrogens (tertiary/aromatic N) is 2. The highest BCUT2D eigenvalue weighted by Gasteiger charge is 2.42. The van der Waals surface area contributed by atoms with Crippen molar-refractivity contribution in [2.45, 2.75) is 216 Å². The molecule has 0 spiro atoms. The summed E-state index contributed by atoms with van der Waals surface area (Å²) in [7, 11) is 0.